The third-order valence-electron chi connectivity index (χ3n) is 4.24. The molecule has 0 fully saturated rings. The van der Waals surface area contributed by atoms with Crippen LogP contribution in [-0.4, -0.2) is 4.98 Å². The second-order valence-corrected chi connectivity index (χ2v) is 6.44. The normalized spacial score (nSPS) is 11.1. The molecule has 0 aliphatic rings. The minimum Gasteiger partial charge on any atom is -0.438 e. The lowest BCUT2D eigenvalue weighted by Gasteiger charge is -2.04. The zero-order chi connectivity index (χ0) is 16.7. The van der Waals surface area contributed by atoms with E-state index in [2.05, 4.69) is 81.4 Å². The summed E-state index contributed by atoms with van der Waals surface area (Å²) in [7, 11) is 0. The lowest BCUT2D eigenvalue weighted by molar-refractivity contribution is 0.619. The number of benzene rings is 2. The molecule has 0 bridgehead atoms. The van der Waals surface area contributed by atoms with E-state index in [1.165, 1.54) is 16.7 Å². The lowest BCUT2D eigenvalue weighted by atomic mass is 10.0. The number of nitrogens with zero attached hydrogens (tertiary/aromatic N) is 1. The minimum absolute atomic E-state index is 0.683. The number of hydrogen-bond acceptors (Lipinski definition) is 2. The van der Waals surface area contributed by atoms with Gasteiger partial charge in [0, 0.05) is 16.5 Å². The van der Waals surface area contributed by atoms with E-state index in [-0.39, 0.29) is 0 Å². The van der Waals surface area contributed by atoms with Crippen LogP contribution in [0.2, 0.25) is 0 Å². The summed E-state index contributed by atoms with van der Waals surface area (Å²) in [6.45, 7) is 6.30. The van der Waals surface area contributed by atoms with Crippen molar-refractivity contribution in [3.8, 4) is 22.6 Å². The van der Waals surface area contributed by atoms with Gasteiger partial charge in [-0.3, -0.25) is 0 Å². The summed E-state index contributed by atoms with van der Waals surface area (Å²) in [4.78, 5) is 4.72. The first-order chi connectivity index (χ1) is 11.6. The molecule has 24 heavy (non-hydrogen) atoms. The fourth-order valence-electron chi connectivity index (χ4n) is 3.06. The maximum atomic E-state index is 6.01. The Morgan fingerprint density at radius 2 is 1.38 bits per heavy atom. The van der Waals surface area contributed by atoms with Crippen molar-refractivity contribution < 1.29 is 4.42 Å². The summed E-state index contributed by atoms with van der Waals surface area (Å²) in [6, 6.07) is 21.0. The largest absolute Gasteiger partial charge is 0.438 e. The molecule has 0 aliphatic carbocycles. The summed E-state index contributed by atoms with van der Waals surface area (Å²) >= 11 is 0. The van der Waals surface area contributed by atoms with Crippen LogP contribution in [0.5, 0.6) is 0 Å². The van der Waals surface area contributed by atoms with Gasteiger partial charge in [0.2, 0.25) is 5.71 Å². The Balaban J connectivity index is 1.79. The van der Waals surface area contributed by atoms with Crippen LogP contribution in [0.25, 0.3) is 33.7 Å². The van der Waals surface area contributed by atoms with E-state index >= 15 is 0 Å². The van der Waals surface area contributed by atoms with Gasteiger partial charge in [-0.15, -0.1) is 0 Å². The van der Waals surface area contributed by atoms with Gasteiger partial charge in [0.1, 0.15) is 5.76 Å². The standard InChI is InChI=1S/C22H19NO/c1-14-4-6-17(7-5-14)21-13-18-8-9-20(23-22(18)24-21)19-11-15(2)10-16(3)12-19/h4-13H,1-3H3. The Morgan fingerprint density at radius 1 is 0.667 bits per heavy atom. The van der Waals surface area contributed by atoms with E-state index in [0.717, 1.165) is 28.0 Å². The first-order valence-electron chi connectivity index (χ1n) is 8.15. The molecular formula is C22H19NO. The van der Waals surface area contributed by atoms with Gasteiger partial charge in [-0.2, -0.15) is 0 Å². The van der Waals surface area contributed by atoms with Crippen LogP contribution in [0.1, 0.15) is 16.7 Å². The molecule has 0 spiro atoms. The molecule has 4 rings (SSSR count). The Kier molecular flexibility index (Phi) is 3.46. The Labute approximate surface area is 141 Å². The third kappa shape index (κ3) is 2.71. The van der Waals surface area contributed by atoms with Crippen LogP contribution < -0.4 is 0 Å². The molecule has 118 valence electrons. The van der Waals surface area contributed by atoms with Crippen LogP contribution >= 0.6 is 0 Å². The number of hydrogen-bond donors (Lipinski definition) is 0. The van der Waals surface area contributed by atoms with Gasteiger partial charge in [-0.25, -0.2) is 4.98 Å². The maximum Gasteiger partial charge on any atom is 0.227 e. The molecule has 2 aromatic carbocycles. The van der Waals surface area contributed by atoms with Gasteiger partial charge in [-0.05, 0) is 51.1 Å². The van der Waals surface area contributed by atoms with Gasteiger partial charge < -0.3 is 4.42 Å². The predicted molar refractivity (Wildman–Crippen MR) is 99.1 cm³/mol. The van der Waals surface area contributed by atoms with Gasteiger partial charge in [0.15, 0.2) is 0 Å². The fraction of sp³-hybridized carbons (Fsp3) is 0.136. The van der Waals surface area contributed by atoms with Crippen molar-refractivity contribution in [1.29, 1.82) is 0 Å². The van der Waals surface area contributed by atoms with E-state index in [0.29, 0.717) is 5.71 Å². The molecular weight excluding hydrogens is 294 g/mol. The summed E-state index contributed by atoms with van der Waals surface area (Å²) in [5, 5.41) is 1.03. The highest BCUT2D eigenvalue weighted by Gasteiger charge is 2.09. The van der Waals surface area contributed by atoms with Crippen molar-refractivity contribution >= 4 is 11.1 Å². The second kappa shape index (κ2) is 5.64. The van der Waals surface area contributed by atoms with Crippen LogP contribution in [0, 0.1) is 20.8 Å². The Hall–Kier alpha value is -2.87. The molecule has 0 amide bonds. The minimum atomic E-state index is 0.683. The Morgan fingerprint density at radius 3 is 2.08 bits per heavy atom. The number of aryl methyl sites for hydroxylation is 3. The van der Waals surface area contributed by atoms with E-state index < -0.39 is 0 Å². The smallest absolute Gasteiger partial charge is 0.227 e. The van der Waals surface area contributed by atoms with Crippen molar-refractivity contribution in [2.45, 2.75) is 20.8 Å². The first-order valence-corrected chi connectivity index (χ1v) is 8.15. The third-order valence-corrected chi connectivity index (χ3v) is 4.24. The molecule has 0 radical (unpaired) electrons. The molecule has 2 heteroatoms. The number of furan rings is 1. The molecule has 0 saturated carbocycles. The fourth-order valence-corrected chi connectivity index (χ4v) is 3.06. The van der Waals surface area contributed by atoms with E-state index in [1.807, 2.05) is 0 Å². The monoisotopic (exact) mass is 313 g/mol. The van der Waals surface area contributed by atoms with E-state index in [9.17, 15) is 0 Å². The predicted octanol–water partition coefficient (Wildman–Crippen LogP) is 6.09. The molecule has 0 atom stereocenters. The molecule has 0 saturated heterocycles. The van der Waals surface area contributed by atoms with Gasteiger partial charge in [-0.1, -0.05) is 47.0 Å². The van der Waals surface area contributed by atoms with Crippen molar-refractivity contribution in [1.82, 2.24) is 4.98 Å². The summed E-state index contributed by atoms with van der Waals surface area (Å²) in [6.07, 6.45) is 0. The number of rotatable bonds is 2. The lowest BCUT2D eigenvalue weighted by Crippen LogP contribution is -1.86. The zero-order valence-corrected chi connectivity index (χ0v) is 14.1. The highest BCUT2D eigenvalue weighted by atomic mass is 16.3. The van der Waals surface area contributed by atoms with Crippen LogP contribution in [0.3, 0.4) is 0 Å². The highest BCUT2D eigenvalue weighted by Crippen LogP contribution is 2.29. The number of fused-ring (bicyclic) bond motifs is 1. The Bertz CT molecular complexity index is 1010. The van der Waals surface area contributed by atoms with Crippen molar-refractivity contribution in [3.63, 3.8) is 0 Å². The van der Waals surface area contributed by atoms with Crippen LogP contribution in [0.15, 0.2) is 65.1 Å². The summed E-state index contributed by atoms with van der Waals surface area (Å²) in [5.41, 5.74) is 7.55. The number of pyridine rings is 1. The first kappa shape index (κ1) is 14.7. The maximum absolute atomic E-state index is 6.01. The molecule has 0 N–H and O–H groups in total. The van der Waals surface area contributed by atoms with E-state index in [1.54, 1.807) is 0 Å². The average Bonchev–Trinajstić information content (AvgIpc) is 2.97. The highest BCUT2D eigenvalue weighted by molar-refractivity contribution is 5.82. The van der Waals surface area contributed by atoms with Crippen molar-refractivity contribution in [2.24, 2.45) is 0 Å². The van der Waals surface area contributed by atoms with Crippen molar-refractivity contribution in [3.05, 3.63) is 77.4 Å². The molecule has 2 nitrogen and oxygen atoms in total. The second-order valence-electron chi connectivity index (χ2n) is 6.44. The molecule has 0 aliphatic heterocycles. The summed E-state index contributed by atoms with van der Waals surface area (Å²) < 4.78 is 6.01. The molecule has 2 aromatic heterocycles. The zero-order valence-electron chi connectivity index (χ0n) is 14.1. The molecule has 4 aromatic rings. The number of aromatic nitrogens is 1. The van der Waals surface area contributed by atoms with Gasteiger partial charge >= 0.3 is 0 Å². The van der Waals surface area contributed by atoms with Gasteiger partial charge in [0.25, 0.3) is 0 Å². The molecule has 0 unspecified atom stereocenters. The van der Waals surface area contributed by atoms with Gasteiger partial charge in [0.05, 0.1) is 5.69 Å². The summed E-state index contributed by atoms with van der Waals surface area (Å²) in [5.74, 6) is 0.857. The van der Waals surface area contributed by atoms with Crippen LogP contribution in [-0.2, 0) is 0 Å². The topological polar surface area (TPSA) is 26.0 Å². The average molecular weight is 313 g/mol. The van der Waals surface area contributed by atoms with E-state index in [4.69, 9.17) is 9.40 Å². The van der Waals surface area contributed by atoms with Crippen LogP contribution in [0.4, 0.5) is 0 Å². The molecule has 2 heterocycles. The SMILES string of the molecule is Cc1ccc(-c2cc3ccc(-c4cc(C)cc(C)c4)nc3o2)cc1. The van der Waals surface area contributed by atoms with Crippen molar-refractivity contribution in [2.75, 3.05) is 0 Å². The quantitative estimate of drug-likeness (QED) is 0.448.